The van der Waals surface area contributed by atoms with Gasteiger partial charge in [0.15, 0.2) is 0 Å². The van der Waals surface area contributed by atoms with Crippen molar-refractivity contribution < 1.29 is 0 Å². The summed E-state index contributed by atoms with van der Waals surface area (Å²) in [6.45, 7) is 6.80. The monoisotopic (exact) mass is 282 g/mol. The number of aromatic nitrogens is 2. The molecule has 21 heavy (non-hydrogen) atoms. The molecule has 0 saturated carbocycles. The van der Waals surface area contributed by atoms with Crippen molar-refractivity contribution in [1.29, 1.82) is 5.26 Å². The van der Waals surface area contributed by atoms with Crippen LogP contribution in [0.3, 0.4) is 0 Å². The molecule has 0 spiro atoms. The maximum Gasteiger partial charge on any atom is 0.134 e. The van der Waals surface area contributed by atoms with Crippen LogP contribution in [0.1, 0.15) is 31.5 Å². The molecule has 0 fully saturated rings. The molecule has 0 aliphatic heterocycles. The van der Waals surface area contributed by atoms with Gasteiger partial charge in [0, 0.05) is 25.2 Å². The molecule has 110 valence electrons. The minimum Gasteiger partial charge on any atom is -0.293 e. The van der Waals surface area contributed by atoms with E-state index in [2.05, 4.69) is 30.3 Å². The molecule has 1 heterocycles. The first-order valence-electron chi connectivity index (χ1n) is 7.30. The summed E-state index contributed by atoms with van der Waals surface area (Å²) in [5, 5.41) is 17.7. The highest BCUT2D eigenvalue weighted by Gasteiger charge is 2.32. The standard InChI is InChI=1S/C17H22N4/c1-14(2)19-17(13-18,16-7-5-4-6-8-16)10-12-21-11-9-15(3)20-21/h4-9,11,14,19H,10,12H2,1-3H3. The molecule has 1 aromatic heterocycles. The largest absolute Gasteiger partial charge is 0.293 e. The Morgan fingerprint density at radius 1 is 1.29 bits per heavy atom. The molecule has 0 aliphatic carbocycles. The van der Waals surface area contributed by atoms with Crippen LogP contribution in [-0.4, -0.2) is 15.8 Å². The average Bonchev–Trinajstić information content (AvgIpc) is 2.90. The summed E-state index contributed by atoms with van der Waals surface area (Å²) >= 11 is 0. The van der Waals surface area contributed by atoms with E-state index in [4.69, 9.17) is 0 Å². The second kappa shape index (κ2) is 6.55. The van der Waals surface area contributed by atoms with Crippen LogP contribution in [0.4, 0.5) is 0 Å². The third-order valence-corrected chi connectivity index (χ3v) is 3.48. The van der Waals surface area contributed by atoms with Gasteiger partial charge in [-0.15, -0.1) is 0 Å². The van der Waals surface area contributed by atoms with Crippen molar-refractivity contribution in [2.24, 2.45) is 0 Å². The van der Waals surface area contributed by atoms with Gasteiger partial charge in [-0.05, 0) is 32.4 Å². The van der Waals surface area contributed by atoms with Crippen LogP contribution in [0, 0.1) is 18.3 Å². The van der Waals surface area contributed by atoms with E-state index in [1.54, 1.807) is 0 Å². The number of rotatable bonds is 6. The molecule has 1 aromatic carbocycles. The van der Waals surface area contributed by atoms with Crippen LogP contribution in [0.15, 0.2) is 42.6 Å². The number of benzene rings is 1. The van der Waals surface area contributed by atoms with E-state index in [0.717, 1.165) is 11.3 Å². The summed E-state index contributed by atoms with van der Waals surface area (Å²) in [5.41, 5.74) is 1.31. The quantitative estimate of drug-likeness (QED) is 0.886. The lowest BCUT2D eigenvalue weighted by atomic mass is 9.87. The first-order valence-corrected chi connectivity index (χ1v) is 7.30. The lowest BCUT2D eigenvalue weighted by molar-refractivity contribution is 0.337. The van der Waals surface area contributed by atoms with Gasteiger partial charge in [-0.1, -0.05) is 30.3 Å². The third-order valence-electron chi connectivity index (χ3n) is 3.48. The number of aryl methyl sites for hydroxylation is 2. The van der Waals surface area contributed by atoms with Gasteiger partial charge in [0.2, 0.25) is 0 Å². The van der Waals surface area contributed by atoms with E-state index < -0.39 is 5.54 Å². The predicted octanol–water partition coefficient (Wildman–Crippen LogP) is 3.00. The number of hydrogen-bond donors (Lipinski definition) is 1. The van der Waals surface area contributed by atoms with Gasteiger partial charge in [-0.2, -0.15) is 10.4 Å². The van der Waals surface area contributed by atoms with Crippen LogP contribution in [0.5, 0.6) is 0 Å². The van der Waals surface area contributed by atoms with Crippen molar-refractivity contribution in [2.45, 2.75) is 45.3 Å². The van der Waals surface area contributed by atoms with E-state index >= 15 is 0 Å². The Balaban J connectivity index is 2.25. The molecular formula is C17H22N4. The van der Waals surface area contributed by atoms with Gasteiger partial charge in [0.05, 0.1) is 11.8 Å². The number of nitriles is 1. The summed E-state index contributed by atoms with van der Waals surface area (Å²) in [6.07, 6.45) is 2.63. The van der Waals surface area contributed by atoms with E-state index in [1.807, 2.05) is 54.2 Å². The molecule has 1 atom stereocenters. The zero-order valence-electron chi connectivity index (χ0n) is 12.9. The molecule has 0 saturated heterocycles. The topological polar surface area (TPSA) is 53.6 Å². The van der Waals surface area contributed by atoms with Crippen LogP contribution in [-0.2, 0) is 12.1 Å². The van der Waals surface area contributed by atoms with Crippen molar-refractivity contribution in [3.05, 3.63) is 53.9 Å². The normalized spacial score (nSPS) is 13.9. The molecule has 1 unspecified atom stereocenters. The van der Waals surface area contributed by atoms with Gasteiger partial charge in [-0.3, -0.25) is 10.00 Å². The van der Waals surface area contributed by atoms with Crippen LogP contribution >= 0.6 is 0 Å². The Hall–Kier alpha value is -2.12. The Morgan fingerprint density at radius 3 is 2.52 bits per heavy atom. The zero-order chi connectivity index (χ0) is 15.3. The molecule has 0 radical (unpaired) electrons. The van der Waals surface area contributed by atoms with Gasteiger partial charge in [0.1, 0.15) is 5.54 Å². The van der Waals surface area contributed by atoms with Crippen molar-refractivity contribution in [1.82, 2.24) is 15.1 Å². The fourth-order valence-corrected chi connectivity index (χ4v) is 2.54. The summed E-state index contributed by atoms with van der Waals surface area (Å²) in [7, 11) is 0. The van der Waals surface area contributed by atoms with E-state index in [-0.39, 0.29) is 6.04 Å². The summed E-state index contributed by atoms with van der Waals surface area (Å²) in [6, 6.07) is 14.6. The molecule has 0 aliphatic rings. The highest BCUT2D eigenvalue weighted by molar-refractivity contribution is 5.31. The summed E-state index contributed by atoms with van der Waals surface area (Å²) < 4.78 is 1.90. The fourth-order valence-electron chi connectivity index (χ4n) is 2.54. The fraction of sp³-hybridized carbons (Fsp3) is 0.412. The number of nitrogens with one attached hydrogen (secondary N) is 1. The third kappa shape index (κ3) is 3.71. The minimum absolute atomic E-state index is 0.226. The predicted molar refractivity (Wildman–Crippen MR) is 83.6 cm³/mol. The molecule has 0 amide bonds. The van der Waals surface area contributed by atoms with Crippen LogP contribution in [0.2, 0.25) is 0 Å². The molecule has 1 N–H and O–H groups in total. The zero-order valence-corrected chi connectivity index (χ0v) is 12.9. The van der Waals surface area contributed by atoms with E-state index in [0.29, 0.717) is 13.0 Å². The van der Waals surface area contributed by atoms with Gasteiger partial charge >= 0.3 is 0 Å². The number of nitrogens with zero attached hydrogens (tertiary/aromatic N) is 3. The highest BCUT2D eigenvalue weighted by atomic mass is 15.3. The summed E-state index contributed by atoms with van der Waals surface area (Å²) in [4.78, 5) is 0. The molecule has 0 bridgehead atoms. The minimum atomic E-state index is -0.685. The lowest BCUT2D eigenvalue weighted by Crippen LogP contribution is -2.45. The van der Waals surface area contributed by atoms with Crippen LogP contribution < -0.4 is 5.32 Å². The van der Waals surface area contributed by atoms with Crippen molar-refractivity contribution >= 4 is 0 Å². The summed E-state index contributed by atoms with van der Waals surface area (Å²) in [5.74, 6) is 0. The maximum atomic E-state index is 9.82. The van der Waals surface area contributed by atoms with Crippen molar-refractivity contribution in [3.63, 3.8) is 0 Å². The molecular weight excluding hydrogens is 260 g/mol. The number of hydrogen-bond acceptors (Lipinski definition) is 3. The Labute approximate surface area is 126 Å². The Kier molecular flexibility index (Phi) is 4.77. The molecule has 2 aromatic rings. The highest BCUT2D eigenvalue weighted by Crippen LogP contribution is 2.26. The second-order valence-corrected chi connectivity index (χ2v) is 5.65. The first-order chi connectivity index (χ1) is 10.1. The molecule has 4 nitrogen and oxygen atoms in total. The maximum absolute atomic E-state index is 9.82. The van der Waals surface area contributed by atoms with Crippen molar-refractivity contribution in [3.8, 4) is 6.07 Å². The first kappa shape index (κ1) is 15.3. The van der Waals surface area contributed by atoms with Gasteiger partial charge in [0.25, 0.3) is 0 Å². The second-order valence-electron chi connectivity index (χ2n) is 5.65. The van der Waals surface area contributed by atoms with Crippen molar-refractivity contribution in [2.75, 3.05) is 0 Å². The average molecular weight is 282 g/mol. The van der Waals surface area contributed by atoms with E-state index in [1.165, 1.54) is 0 Å². The van der Waals surface area contributed by atoms with Gasteiger partial charge < -0.3 is 0 Å². The lowest BCUT2D eigenvalue weighted by Gasteiger charge is -2.30. The smallest absolute Gasteiger partial charge is 0.134 e. The molecule has 4 heteroatoms. The van der Waals surface area contributed by atoms with Crippen LogP contribution in [0.25, 0.3) is 0 Å². The van der Waals surface area contributed by atoms with E-state index in [9.17, 15) is 5.26 Å². The Morgan fingerprint density at radius 2 is 2.00 bits per heavy atom. The SMILES string of the molecule is Cc1ccn(CCC(C#N)(NC(C)C)c2ccccc2)n1. The Bertz CT molecular complexity index is 609. The molecule has 2 rings (SSSR count). The van der Waals surface area contributed by atoms with Gasteiger partial charge in [-0.25, -0.2) is 0 Å².